The lowest BCUT2D eigenvalue weighted by molar-refractivity contribution is -0.120. The van der Waals surface area contributed by atoms with Gasteiger partial charge in [0.1, 0.15) is 0 Å². The van der Waals surface area contributed by atoms with Crippen LogP contribution in [0.1, 0.15) is 58.3 Å². The molecule has 0 atom stereocenters. The molecule has 1 rings (SSSR count). The molecular weight excluding hydrogens is 200 g/mol. The first kappa shape index (κ1) is 13.5. The first-order valence-electron chi connectivity index (χ1n) is 6.83. The molecule has 0 heterocycles. The molecule has 0 aromatic heterocycles. The monoisotopic (exact) mass is 226 g/mol. The lowest BCUT2D eigenvalue weighted by Crippen LogP contribution is -2.40. The van der Waals surface area contributed by atoms with E-state index in [1.54, 1.807) is 0 Å². The van der Waals surface area contributed by atoms with Crippen molar-refractivity contribution in [2.75, 3.05) is 13.1 Å². The van der Waals surface area contributed by atoms with E-state index in [1.807, 2.05) is 0 Å². The molecule has 0 unspecified atom stereocenters. The Morgan fingerprint density at radius 3 is 2.62 bits per heavy atom. The Morgan fingerprint density at radius 1 is 1.19 bits per heavy atom. The summed E-state index contributed by atoms with van der Waals surface area (Å²) in [5.74, 6) is 0.154. The maximum absolute atomic E-state index is 11.5. The predicted octanol–water partition coefficient (Wildman–Crippen LogP) is 2.22. The number of rotatable bonds is 7. The number of hydrogen-bond donors (Lipinski definition) is 2. The van der Waals surface area contributed by atoms with Crippen LogP contribution in [0.25, 0.3) is 0 Å². The van der Waals surface area contributed by atoms with Crippen LogP contribution in [-0.2, 0) is 4.79 Å². The highest BCUT2D eigenvalue weighted by atomic mass is 16.1. The first-order valence-corrected chi connectivity index (χ1v) is 6.83. The van der Waals surface area contributed by atoms with Crippen LogP contribution in [0.5, 0.6) is 0 Å². The van der Waals surface area contributed by atoms with Gasteiger partial charge in [0.05, 0.1) is 6.54 Å². The number of amides is 1. The van der Waals surface area contributed by atoms with E-state index in [2.05, 4.69) is 17.6 Å². The van der Waals surface area contributed by atoms with Gasteiger partial charge in [0.25, 0.3) is 0 Å². The topological polar surface area (TPSA) is 41.1 Å². The van der Waals surface area contributed by atoms with Crippen LogP contribution in [0.15, 0.2) is 0 Å². The molecule has 1 aliphatic rings. The summed E-state index contributed by atoms with van der Waals surface area (Å²) in [5.41, 5.74) is 0. The van der Waals surface area contributed by atoms with E-state index in [-0.39, 0.29) is 5.91 Å². The molecule has 3 nitrogen and oxygen atoms in total. The fraction of sp³-hybridized carbons (Fsp3) is 0.923. The highest BCUT2D eigenvalue weighted by Gasteiger charge is 2.13. The highest BCUT2D eigenvalue weighted by molar-refractivity contribution is 5.77. The Labute approximate surface area is 99.4 Å². The molecule has 2 N–H and O–H groups in total. The van der Waals surface area contributed by atoms with Crippen LogP contribution >= 0.6 is 0 Å². The van der Waals surface area contributed by atoms with Crippen molar-refractivity contribution in [2.24, 2.45) is 0 Å². The minimum atomic E-state index is 0.154. The van der Waals surface area contributed by atoms with Crippen molar-refractivity contribution in [3.63, 3.8) is 0 Å². The van der Waals surface area contributed by atoms with Crippen molar-refractivity contribution in [3.8, 4) is 0 Å². The Hall–Kier alpha value is -0.570. The van der Waals surface area contributed by atoms with Gasteiger partial charge in [-0.3, -0.25) is 4.79 Å². The van der Waals surface area contributed by atoms with Gasteiger partial charge in [-0.25, -0.2) is 0 Å². The lowest BCUT2D eigenvalue weighted by Gasteiger charge is -2.22. The zero-order valence-electron chi connectivity index (χ0n) is 10.6. The summed E-state index contributed by atoms with van der Waals surface area (Å²) in [6, 6.07) is 0.579. The van der Waals surface area contributed by atoms with E-state index >= 15 is 0 Å². The lowest BCUT2D eigenvalue weighted by atomic mass is 9.95. The Bertz CT molecular complexity index is 188. The van der Waals surface area contributed by atoms with Crippen molar-refractivity contribution in [3.05, 3.63) is 0 Å². The van der Waals surface area contributed by atoms with E-state index < -0.39 is 0 Å². The SMILES string of the molecule is CCCCCNC(=O)CNC1CCCCC1. The van der Waals surface area contributed by atoms with Crippen LogP contribution in [0.3, 0.4) is 0 Å². The van der Waals surface area contributed by atoms with E-state index in [4.69, 9.17) is 0 Å². The number of nitrogens with one attached hydrogen (secondary N) is 2. The molecule has 1 fully saturated rings. The van der Waals surface area contributed by atoms with Crippen molar-refractivity contribution in [1.82, 2.24) is 10.6 Å². The second-order valence-corrected chi connectivity index (χ2v) is 4.77. The Kier molecular flexibility index (Phi) is 7.23. The zero-order valence-corrected chi connectivity index (χ0v) is 10.6. The third-order valence-corrected chi connectivity index (χ3v) is 3.26. The van der Waals surface area contributed by atoms with Crippen molar-refractivity contribution in [1.29, 1.82) is 0 Å². The fourth-order valence-electron chi connectivity index (χ4n) is 2.21. The summed E-state index contributed by atoms with van der Waals surface area (Å²) in [7, 11) is 0. The van der Waals surface area contributed by atoms with Crippen LogP contribution in [0.4, 0.5) is 0 Å². The second kappa shape index (κ2) is 8.57. The van der Waals surface area contributed by atoms with Gasteiger partial charge in [-0.05, 0) is 19.3 Å². The van der Waals surface area contributed by atoms with Crippen molar-refractivity contribution < 1.29 is 4.79 Å². The standard InChI is InChI=1S/C13H26N2O/c1-2-3-7-10-14-13(16)11-15-12-8-5-4-6-9-12/h12,15H,2-11H2,1H3,(H,14,16). The minimum absolute atomic E-state index is 0.154. The molecule has 0 radical (unpaired) electrons. The summed E-state index contributed by atoms with van der Waals surface area (Å²) >= 11 is 0. The van der Waals surface area contributed by atoms with Gasteiger partial charge in [0, 0.05) is 12.6 Å². The largest absolute Gasteiger partial charge is 0.355 e. The van der Waals surface area contributed by atoms with Gasteiger partial charge in [0.15, 0.2) is 0 Å². The fourth-order valence-corrected chi connectivity index (χ4v) is 2.21. The molecule has 94 valence electrons. The summed E-state index contributed by atoms with van der Waals surface area (Å²) in [4.78, 5) is 11.5. The molecule has 3 heteroatoms. The first-order chi connectivity index (χ1) is 7.83. The molecule has 16 heavy (non-hydrogen) atoms. The van der Waals surface area contributed by atoms with Gasteiger partial charge in [-0.2, -0.15) is 0 Å². The molecule has 0 saturated heterocycles. The number of unbranched alkanes of at least 4 members (excludes halogenated alkanes) is 2. The van der Waals surface area contributed by atoms with Gasteiger partial charge in [-0.15, -0.1) is 0 Å². The van der Waals surface area contributed by atoms with Gasteiger partial charge >= 0.3 is 0 Å². The summed E-state index contributed by atoms with van der Waals surface area (Å²) in [5, 5.41) is 6.31. The van der Waals surface area contributed by atoms with Crippen LogP contribution in [-0.4, -0.2) is 25.0 Å². The molecule has 0 bridgehead atoms. The Morgan fingerprint density at radius 2 is 1.94 bits per heavy atom. The van der Waals surface area contributed by atoms with Crippen LogP contribution in [0.2, 0.25) is 0 Å². The van der Waals surface area contributed by atoms with Gasteiger partial charge in [0.2, 0.25) is 5.91 Å². The van der Waals surface area contributed by atoms with Crippen LogP contribution in [0, 0.1) is 0 Å². The molecule has 0 spiro atoms. The minimum Gasteiger partial charge on any atom is -0.355 e. The molecular formula is C13H26N2O. The maximum atomic E-state index is 11.5. The number of carbonyl (C=O) groups is 1. The molecule has 0 aromatic rings. The summed E-state index contributed by atoms with van der Waals surface area (Å²) in [6.07, 6.45) is 9.98. The predicted molar refractivity (Wildman–Crippen MR) is 67.4 cm³/mol. The smallest absolute Gasteiger partial charge is 0.233 e. The van der Waals surface area contributed by atoms with E-state index in [9.17, 15) is 4.79 Å². The van der Waals surface area contributed by atoms with Gasteiger partial charge < -0.3 is 10.6 Å². The van der Waals surface area contributed by atoms with Crippen LogP contribution < -0.4 is 10.6 Å². The number of carbonyl (C=O) groups excluding carboxylic acids is 1. The average molecular weight is 226 g/mol. The third-order valence-electron chi connectivity index (χ3n) is 3.26. The summed E-state index contributed by atoms with van der Waals surface area (Å²) < 4.78 is 0. The normalized spacial score (nSPS) is 17.3. The molecule has 1 amide bonds. The Balaban J connectivity index is 1.96. The van der Waals surface area contributed by atoms with E-state index in [1.165, 1.54) is 44.9 Å². The van der Waals surface area contributed by atoms with Crippen molar-refractivity contribution >= 4 is 5.91 Å². The third kappa shape index (κ3) is 6.11. The highest BCUT2D eigenvalue weighted by Crippen LogP contribution is 2.16. The second-order valence-electron chi connectivity index (χ2n) is 4.77. The molecule has 1 aliphatic carbocycles. The van der Waals surface area contributed by atoms with Gasteiger partial charge in [-0.1, -0.05) is 39.0 Å². The quantitative estimate of drug-likeness (QED) is 0.654. The van der Waals surface area contributed by atoms with E-state index in [0.29, 0.717) is 12.6 Å². The molecule has 1 saturated carbocycles. The number of hydrogen-bond acceptors (Lipinski definition) is 2. The summed E-state index contributed by atoms with van der Waals surface area (Å²) in [6.45, 7) is 3.50. The van der Waals surface area contributed by atoms with Crippen molar-refractivity contribution in [2.45, 2.75) is 64.3 Å². The average Bonchev–Trinajstić information content (AvgIpc) is 2.33. The molecule has 0 aliphatic heterocycles. The zero-order chi connectivity index (χ0) is 11.6. The maximum Gasteiger partial charge on any atom is 0.233 e. The van der Waals surface area contributed by atoms with E-state index in [0.717, 1.165) is 13.0 Å². The molecule has 0 aromatic carbocycles.